The average Bonchev–Trinajstić information content (AvgIpc) is 3.34. The van der Waals surface area contributed by atoms with E-state index in [1.807, 2.05) is 39.2 Å². The Morgan fingerprint density at radius 2 is 2.00 bits per heavy atom. The molecule has 0 spiro atoms. The van der Waals surface area contributed by atoms with E-state index < -0.39 is 17.2 Å². The SMILES string of the molecule is CCn1c(-c2nonc2N)nc2c(C#CC(C)(C)O)ncc(OCC[C@H](C)N(C(=O)O)C(C)(C)C)c21. The van der Waals surface area contributed by atoms with E-state index in [-0.39, 0.29) is 24.2 Å². The van der Waals surface area contributed by atoms with Crippen LogP contribution in [0.1, 0.15) is 60.6 Å². The number of rotatable bonds is 7. The van der Waals surface area contributed by atoms with E-state index in [2.05, 4.69) is 32.1 Å². The van der Waals surface area contributed by atoms with Crippen LogP contribution in [-0.4, -0.2) is 69.8 Å². The lowest BCUT2D eigenvalue weighted by Crippen LogP contribution is -2.50. The number of aryl methyl sites for hydroxylation is 1. The number of nitrogens with two attached hydrogens (primary N) is 1. The molecule has 3 aromatic heterocycles. The summed E-state index contributed by atoms with van der Waals surface area (Å²) in [5, 5.41) is 27.3. The number of fused-ring (bicyclic) bond motifs is 1. The molecule has 36 heavy (non-hydrogen) atoms. The van der Waals surface area contributed by atoms with Crippen molar-refractivity contribution < 1.29 is 24.4 Å². The summed E-state index contributed by atoms with van der Waals surface area (Å²) in [6, 6.07) is -0.282. The highest BCUT2D eigenvalue weighted by Gasteiger charge is 2.31. The van der Waals surface area contributed by atoms with E-state index in [1.165, 1.54) is 4.90 Å². The standard InChI is InChI=1S/C24H33N7O5/c1-8-30-19-16(35-12-10-14(2)31(22(32)33)23(3,4)5)13-26-15(9-11-24(6,7)34)17(19)27-21(30)18-20(25)29-36-28-18/h13-14,34H,8,10,12H2,1-7H3,(H2,25,29)(H,32,33)/t14-/m0/s1. The van der Waals surface area contributed by atoms with E-state index in [1.54, 1.807) is 20.0 Å². The summed E-state index contributed by atoms with van der Waals surface area (Å²) in [5.41, 5.74) is 5.83. The Hall–Kier alpha value is -3.85. The summed E-state index contributed by atoms with van der Waals surface area (Å²) in [6.45, 7) is 13.2. The molecule has 12 heteroatoms. The first-order chi connectivity index (χ1) is 16.7. The molecule has 3 rings (SSSR count). The molecule has 0 saturated heterocycles. The summed E-state index contributed by atoms with van der Waals surface area (Å²) in [7, 11) is 0. The molecule has 4 N–H and O–H groups in total. The number of ether oxygens (including phenoxy) is 1. The number of nitrogen functional groups attached to an aromatic ring is 1. The van der Waals surface area contributed by atoms with Crippen molar-refractivity contribution >= 4 is 22.9 Å². The first kappa shape index (κ1) is 26.7. The number of amides is 1. The fraction of sp³-hybridized carbons (Fsp3) is 0.542. The van der Waals surface area contributed by atoms with E-state index in [4.69, 9.17) is 15.1 Å². The van der Waals surface area contributed by atoms with Gasteiger partial charge < -0.3 is 30.2 Å². The highest BCUT2D eigenvalue weighted by atomic mass is 16.6. The predicted octanol–water partition coefficient (Wildman–Crippen LogP) is 3.14. The number of carboxylic acid groups (broad SMARTS) is 1. The first-order valence-corrected chi connectivity index (χ1v) is 11.6. The van der Waals surface area contributed by atoms with Gasteiger partial charge in [0.15, 0.2) is 23.1 Å². The molecule has 194 valence electrons. The molecule has 0 aliphatic heterocycles. The number of anilines is 1. The molecule has 0 unspecified atom stereocenters. The maximum absolute atomic E-state index is 11.8. The van der Waals surface area contributed by atoms with Gasteiger partial charge in [-0.25, -0.2) is 19.4 Å². The Labute approximate surface area is 209 Å². The normalized spacial score (nSPS) is 12.8. The molecule has 0 saturated carbocycles. The van der Waals surface area contributed by atoms with Crippen molar-refractivity contribution in [2.45, 2.75) is 78.6 Å². The molecule has 12 nitrogen and oxygen atoms in total. The third-order valence-electron chi connectivity index (χ3n) is 5.43. The number of hydrogen-bond donors (Lipinski definition) is 3. The highest BCUT2D eigenvalue weighted by Crippen LogP contribution is 2.33. The monoisotopic (exact) mass is 499 g/mol. The van der Waals surface area contributed by atoms with Gasteiger partial charge in [0.1, 0.15) is 22.3 Å². The van der Waals surface area contributed by atoms with Crippen LogP contribution < -0.4 is 10.5 Å². The van der Waals surface area contributed by atoms with Crippen LogP contribution in [0.2, 0.25) is 0 Å². The van der Waals surface area contributed by atoms with Gasteiger partial charge in [-0.05, 0) is 64.7 Å². The highest BCUT2D eigenvalue weighted by molar-refractivity contribution is 5.89. The van der Waals surface area contributed by atoms with E-state index >= 15 is 0 Å². The summed E-state index contributed by atoms with van der Waals surface area (Å²) in [6.07, 6.45) is 1.02. The predicted molar refractivity (Wildman–Crippen MR) is 133 cm³/mol. The van der Waals surface area contributed by atoms with Gasteiger partial charge in [-0.2, -0.15) is 0 Å². The minimum atomic E-state index is -1.22. The van der Waals surface area contributed by atoms with Crippen LogP contribution in [0.3, 0.4) is 0 Å². The summed E-state index contributed by atoms with van der Waals surface area (Å²) < 4.78 is 12.7. The van der Waals surface area contributed by atoms with Gasteiger partial charge in [0.05, 0.1) is 12.8 Å². The van der Waals surface area contributed by atoms with Crippen molar-refractivity contribution in [1.29, 1.82) is 0 Å². The van der Waals surface area contributed by atoms with Crippen molar-refractivity contribution in [1.82, 2.24) is 29.7 Å². The minimum absolute atomic E-state index is 0.0873. The van der Waals surface area contributed by atoms with Crippen LogP contribution >= 0.6 is 0 Å². The lowest BCUT2D eigenvalue weighted by Gasteiger charge is -2.38. The van der Waals surface area contributed by atoms with Crippen LogP contribution in [-0.2, 0) is 6.54 Å². The topological polar surface area (TPSA) is 166 Å². The second-order valence-corrected chi connectivity index (χ2v) is 9.96. The number of imidazole rings is 1. The number of aliphatic hydroxyl groups is 1. The Morgan fingerprint density at radius 3 is 2.53 bits per heavy atom. The molecular formula is C24H33N7O5. The molecule has 3 aromatic rings. The van der Waals surface area contributed by atoms with Crippen molar-refractivity contribution in [3.05, 3.63) is 11.9 Å². The number of hydrogen-bond acceptors (Lipinski definition) is 9. The second kappa shape index (κ2) is 10.0. The Kier molecular flexibility index (Phi) is 7.45. The number of pyridine rings is 1. The lowest BCUT2D eigenvalue weighted by atomic mass is 10.0. The number of carbonyl (C=O) groups is 1. The Morgan fingerprint density at radius 1 is 1.31 bits per heavy atom. The van der Waals surface area contributed by atoms with Gasteiger partial charge >= 0.3 is 6.09 Å². The van der Waals surface area contributed by atoms with Gasteiger partial charge in [-0.1, -0.05) is 5.92 Å². The molecule has 3 heterocycles. The zero-order valence-electron chi connectivity index (χ0n) is 21.7. The quantitative estimate of drug-likeness (QED) is 0.411. The summed E-state index contributed by atoms with van der Waals surface area (Å²) >= 11 is 0. The third kappa shape index (κ3) is 5.68. The molecule has 0 bridgehead atoms. The van der Waals surface area contributed by atoms with Crippen LogP contribution in [0.5, 0.6) is 5.75 Å². The van der Waals surface area contributed by atoms with E-state index in [0.29, 0.717) is 41.3 Å². The van der Waals surface area contributed by atoms with Crippen molar-refractivity contribution in [3.8, 4) is 29.1 Å². The van der Waals surface area contributed by atoms with Crippen LogP contribution in [0.25, 0.3) is 22.6 Å². The van der Waals surface area contributed by atoms with E-state index in [9.17, 15) is 15.0 Å². The number of aromatic nitrogens is 5. The second-order valence-electron chi connectivity index (χ2n) is 9.96. The minimum Gasteiger partial charge on any atom is -0.490 e. The van der Waals surface area contributed by atoms with Crippen LogP contribution in [0, 0.1) is 11.8 Å². The summed E-state index contributed by atoms with van der Waals surface area (Å²) in [4.78, 5) is 22.3. The Bertz CT molecular complexity index is 1300. The third-order valence-corrected chi connectivity index (χ3v) is 5.43. The molecule has 0 aliphatic rings. The zero-order chi connectivity index (χ0) is 26.8. The van der Waals surface area contributed by atoms with E-state index in [0.717, 1.165) is 0 Å². The zero-order valence-corrected chi connectivity index (χ0v) is 21.7. The van der Waals surface area contributed by atoms with Crippen LogP contribution in [0.15, 0.2) is 10.8 Å². The van der Waals surface area contributed by atoms with Gasteiger partial charge in [-0.15, -0.1) is 0 Å². The lowest BCUT2D eigenvalue weighted by molar-refractivity contribution is 0.0681. The Balaban J connectivity index is 2.03. The maximum atomic E-state index is 11.8. The fourth-order valence-electron chi connectivity index (χ4n) is 3.97. The van der Waals surface area contributed by atoms with Gasteiger partial charge in [0.2, 0.25) is 0 Å². The number of nitrogens with zero attached hydrogens (tertiary/aromatic N) is 6. The fourth-order valence-corrected chi connectivity index (χ4v) is 3.97. The molecule has 0 fully saturated rings. The van der Waals surface area contributed by atoms with Crippen LogP contribution in [0.4, 0.5) is 10.6 Å². The molecule has 0 radical (unpaired) electrons. The molecule has 1 amide bonds. The van der Waals surface area contributed by atoms with Crippen molar-refractivity contribution in [2.24, 2.45) is 0 Å². The first-order valence-electron chi connectivity index (χ1n) is 11.6. The molecule has 0 aromatic carbocycles. The maximum Gasteiger partial charge on any atom is 0.407 e. The van der Waals surface area contributed by atoms with Crippen molar-refractivity contribution in [2.75, 3.05) is 12.3 Å². The van der Waals surface area contributed by atoms with Gasteiger partial charge in [0.25, 0.3) is 0 Å². The van der Waals surface area contributed by atoms with Gasteiger partial charge in [0, 0.05) is 24.5 Å². The summed E-state index contributed by atoms with van der Waals surface area (Å²) in [5.74, 6) is 6.59. The molecule has 0 aliphatic carbocycles. The largest absolute Gasteiger partial charge is 0.490 e. The molecule has 1 atom stereocenters. The smallest absolute Gasteiger partial charge is 0.407 e. The molecular weight excluding hydrogens is 466 g/mol. The average molecular weight is 500 g/mol. The van der Waals surface area contributed by atoms with Gasteiger partial charge in [-0.3, -0.25) is 0 Å². The van der Waals surface area contributed by atoms with Crippen molar-refractivity contribution in [3.63, 3.8) is 0 Å².